The van der Waals surface area contributed by atoms with Crippen molar-refractivity contribution in [2.75, 3.05) is 12.4 Å². The van der Waals surface area contributed by atoms with Gasteiger partial charge in [0.05, 0.1) is 18.2 Å². The molecule has 2 aromatic carbocycles. The van der Waals surface area contributed by atoms with Crippen LogP contribution in [-0.2, 0) is 0 Å². The molecule has 2 aliphatic rings. The Morgan fingerprint density at radius 3 is 2.77 bits per heavy atom. The number of hydrogen-bond acceptors (Lipinski definition) is 3. The van der Waals surface area contributed by atoms with Crippen LogP contribution < -0.4 is 14.8 Å². The van der Waals surface area contributed by atoms with Crippen LogP contribution in [0.5, 0.6) is 11.5 Å². The minimum Gasteiger partial charge on any atom is -0.496 e. The van der Waals surface area contributed by atoms with Gasteiger partial charge in [0.2, 0.25) is 0 Å². The molecule has 0 saturated heterocycles. The van der Waals surface area contributed by atoms with Gasteiger partial charge in [0.25, 0.3) is 0 Å². The zero-order valence-electron chi connectivity index (χ0n) is 15.8. The molecule has 0 spiro atoms. The Labute approximate surface area is 155 Å². The molecular formula is C23H25NO2. The van der Waals surface area contributed by atoms with Crippen molar-refractivity contribution in [2.45, 2.75) is 38.8 Å². The summed E-state index contributed by atoms with van der Waals surface area (Å²) >= 11 is 0. The molecule has 26 heavy (non-hydrogen) atoms. The Balaban J connectivity index is 2.02. The van der Waals surface area contributed by atoms with Gasteiger partial charge in [0, 0.05) is 23.2 Å². The molecule has 2 heterocycles. The van der Waals surface area contributed by atoms with Crippen LogP contribution in [0.3, 0.4) is 0 Å². The van der Waals surface area contributed by atoms with E-state index in [0.717, 1.165) is 29.2 Å². The number of anilines is 1. The molecule has 0 aliphatic carbocycles. The van der Waals surface area contributed by atoms with Crippen LogP contribution in [0.1, 0.15) is 44.4 Å². The summed E-state index contributed by atoms with van der Waals surface area (Å²) in [6.07, 6.45) is 4.93. The fourth-order valence-corrected chi connectivity index (χ4v) is 4.27. The van der Waals surface area contributed by atoms with Crippen molar-refractivity contribution in [3.63, 3.8) is 0 Å². The lowest BCUT2D eigenvalue weighted by molar-refractivity contribution is 0.204. The summed E-state index contributed by atoms with van der Waals surface area (Å²) < 4.78 is 12.0. The first-order valence-corrected chi connectivity index (χ1v) is 9.05. The van der Waals surface area contributed by atoms with E-state index in [1.165, 1.54) is 22.3 Å². The third kappa shape index (κ3) is 2.50. The molecular weight excluding hydrogens is 322 g/mol. The summed E-state index contributed by atoms with van der Waals surface area (Å²) in [5.74, 6) is 1.71. The number of ether oxygens (including phenoxy) is 2. The summed E-state index contributed by atoms with van der Waals surface area (Å²) in [7, 11) is 1.71. The van der Waals surface area contributed by atoms with E-state index in [4.69, 9.17) is 9.47 Å². The first-order valence-electron chi connectivity index (χ1n) is 9.05. The average Bonchev–Trinajstić information content (AvgIpc) is 2.59. The molecule has 0 bridgehead atoms. The van der Waals surface area contributed by atoms with E-state index in [-0.39, 0.29) is 11.6 Å². The van der Waals surface area contributed by atoms with Crippen molar-refractivity contribution in [1.82, 2.24) is 0 Å². The highest BCUT2D eigenvalue weighted by atomic mass is 16.5. The van der Waals surface area contributed by atoms with Gasteiger partial charge in [-0.1, -0.05) is 24.3 Å². The third-order valence-electron chi connectivity index (χ3n) is 5.12. The van der Waals surface area contributed by atoms with Gasteiger partial charge in [-0.2, -0.15) is 0 Å². The van der Waals surface area contributed by atoms with E-state index in [1.807, 2.05) is 24.3 Å². The largest absolute Gasteiger partial charge is 0.496 e. The Bertz CT molecular complexity index is 924. The molecule has 0 fully saturated rings. The van der Waals surface area contributed by atoms with Gasteiger partial charge < -0.3 is 14.8 Å². The lowest BCUT2D eigenvalue weighted by Crippen LogP contribution is -2.32. The average molecular weight is 347 g/mol. The van der Waals surface area contributed by atoms with Crippen LogP contribution in [0.15, 0.2) is 49.1 Å². The Morgan fingerprint density at radius 2 is 2.04 bits per heavy atom. The van der Waals surface area contributed by atoms with Crippen LogP contribution in [0.2, 0.25) is 0 Å². The number of allylic oxidation sites excluding steroid dienone is 1. The van der Waals surface area contributed by atoms with E-state index in [2.05, 4.69) is 50.9 Å². The molecule has 1 atom stereocenters. The number of hydrogen-bond donors (Lipinski definition) is 1. The van der Waals surface area contributed by atoms with Crippen molar-refractivity contribution >= 4 is 11.3 Å². The number of rotatable bonds is 3. The van der Waals surface area contributed by atoms with Gasteiger partial charge in [-0.25, -0.2) is 0 Å². The number of benzene rings is 2. The topological polar surface area (TPSA) is 30.5 Å². The van der Waals surface area contributed by atoms with E-state index < -0.39 is 0 Å². The molecule has 0 radical (unpaired) electrons. The minimum atomic E-state index is -0.0651. The van der Waals surface area contributed by atoms with Crippen molar-refractivity contribution in [3.05, 3.63) is 60.2 Å². The molecule has 2 aliphatic heterocycles. The summed E-state index contributed by atoms with van der Waals surface area (Å²) in [5.41, 5.74) is 7.04. The highest BCUT2D eigenvalue weighted by Crippen LogP contribution is 2.52. The van der Waals surface area contributed by atoms with Crippen LogP contribution in [-0.4, -0.2) is 12.6 Å². The van der Waals surface area contributed by atoms with E-state index in [0.29, 0.717) is 0 Å². The van der Waals surface area contributed by atoms with Crippen molar-refractivity contribution in [2.24, 2.45) is 0 Å². The van der Waals surface area contributed by atoms with Gasteiger partial charge in [-0.05, 0) is 50.1 Å². The van der Waals surface area contributed by atoms with Crippen molar-refractivity contribution in [1.29, 1.82) is 0 Å². The zero-order chi connectivity index (χ0) is 18.5. The predicted molar refractivity (Wildman–Crippen MR) is 108 cm³/mol. The SMILES string of the molecule is C=CC[C@H]1Oc2cccc(OC)c2-c2ccc3c(c21)C(C)=CC(C)(C)N3. The van der Waals surface area contributed by atoms with Crippen LogP contribution >= 0.6 is 0 Å². The standard InChI is InChI=1S/C23H25NO2/c1-6-8-18-22-15(21-17(25-5)9-7-10-19(21)26-18)11-12-16-20(22)14(2)13-23(3,4)24-16/h6-7,9-13,18,24H,1,8H2,2-5H3/t18-/m1/s1. The lowest BCUT2D eigenvalue weighted by Gasteiger charge is -2.37. The maximum absolute atomic E-state index is 6.40. The van der Waals surface area contributed by atoms with Crippen LogP contribution in [0.25, 0.3) is 16.7 Å². The van der Waals surface area contributed by atoms with E-state index in [9.17, 15) is 0 Å². The highest BCUT2D eigenvalue weighted by molar-refractivity contribution is 5.91. The van der Waals surface area contributed by atoms with Gasteiger partial charge in [0.15, 0.2) is 0 Å². The Hall–Kier alpha value is -2.68. The molecule has 3 nitrogen and oxygen atoms in total. The normalized spacial score (nSPS) is 19.1. The zero-order valence-corrected chi connectivity index (χ0v) is 15.8. The van der Waals surface area contributed by atoms with Crippen molar-refractivity contribution in [3.8, 4) is 22.6 Å². The molecule has 2 aromatic rings. The summed E-state index contributed by atoms with van der Waals surface area (Å²) in [6.45, 7) is 10.5. The highest BCUT2D eigenvalue weighted by Gasteiger charge is 2.34. The Kier molecular flexibility index (Phi) is 3.83. The summed E-state index contributed by atoms with van der Waals surface area (Å²) in [5, 5.41) is 3.64. The maximum Gasteiger partial charge on any atom is 0.131 e. The quantitative estimate of drug-likeness (QED) is 0.693. The second kappa shape index (κ2) is 5.94. The van der Waals surface area contributed by atoms with Crippen LogP contribution in [0.4, 0.5) is 5.69 Å². The molecule has 1 N–H and O–H groups in total. The fourth-order valence-electron chi connectivity index (χ4n) is 4.27. The molecule has 0 amide bonds. The maximum atomic E-state index is 6.40. The van der Waals surface area contributed by atoms with Gasteiger partial charge in [-0.3, -0.25) is 0 Å². The molecule has 4 rings (SSSR count). The molecule has 3 heteroatoms. The summed E-state index contributed by atoms with van der Waals surface area (Å²) in [4.78, 5) is 0. The third-order valence-corrected chi connectivity index (χ3v) is 5.12. The van der Waals surface area contributed by atoms with E-state index >= 15 is 0 Å². The molecule has 0 saturated carbocycles. The fraction of sp³-hybridized carbons (Fsp3) is 0.304. The minimum absolute atomic E-state index is 0.0524. The monoisotopic (exact) mass is 347 g/mol. The van der Waals surface area contributed by atoms with Crippen molar-refractivity contribution < 1.29 is 9.47 Å². The smallest absolute Gasteiger partial charge is 0.131 e. The van der Waals surface area contributed by atoms with Crippen LogP contribution in [0, 0.1) is 0 Å². The number of methoxy groups -OCH3 is 1. The second-order valence-electron chi connectivity index (χ2n) is 7.59. The molecule has 0 unspecified atom stereocenters. The first-order chi connectivity index (χ1) is 12.4. The lowest BCUT2D eigenvalue weighted by atomic mass is 9.81. The first kappa shape index (κ1) is 16.8. The predicted octanol–water partition coefficient (Wildman–Crippen LogP) is 5.98. The van der Waals surface area contributed by atoms with Gasteiger partial charge in [0.1, 0.15) is 17.6 Å². The Morgan fingerprint density at radius 1 is 1.23 bits per heavy atom. The molecule has 0 aromatic heterocycles. The van der Waals surface area contributed by atoms with E-state index in [1.54, 1.807) is 7.11 Å². The van der Waals surface area contributed by atoms with Gasteiger partial charge in [-0.15, -0.1) is 6.58 Å². The number of nitrogens with one attached hydrogen (secondary N) is 1. The number of fused-ring (bicyclic) bond motifs is 5. The van der Waals surface area contributed by atoms with Gasteiger partial charge >= 0.3 is 0 Å². The second-order valence-corrected chi connectivity index (χ2v) is 7.59. The summed E-state index contributed by atoms with van der Waals surface area (Å²) in [6, 6.07) is 10.3. The molecule has 134 valence electrons.